The van der Waals surface area contributed by atoms with Crippen LogP contribution in [0.4, 0.5) is 0 Å². The van der Waals surface area contributed by atoms with Gasteiger partial charge in [-0.3, -0.25) is 0 Å². The van der Waals surface area contributed by atoms with Crippen LogP contribution in [0.5, 0.6) is 0 Å². The summed E-state index contributed by atoms with van der Waals surface area (Å²) in [6.07, 6.45) is 2.71. The monoisotopic (exact) mass is 129 g/mol. The van der Waals surface area contributed by atoms with E-state index in [1.807, 2.05) is 0 Å². The minimum Gasteiger partial charge on any atom is -0.393 e. The average molecular weight is 129 g/mol. The van der Waals surface area contributed by atoms with Crippen LogP contribution in [-0.4, -0.2) is 11.2 Å². The summed E-state index contributed by atoms with van der Waals surface area (Å²) in [5.41, 5.74) is 0. The van der Waals surface area contributed by atoms with Gasteiger partial charge in [0.1, 0.15) is 0 Å². The smallest absolute Gasteiger partial charge is 0.0565 e. The lowest BCUT2D eigenvalue weighted by Gasteiger charge is -2.15. The molecule has 0 amide bonds. The number of aliphatic hydroxyl groups excluding tert-OH is 1. The second kappa shape index (κ2) is 4.80. The van der Waals surface area contributed by atoms with E-state index in [0.29, 0.717) is 12.3 Å². The second-order valence-corrected chi connectivity index (χ2v) is 2.62. The maximum Gasteiger partial charge on any atom is 0.0565 e. The Morgan fingerprint density at radius 3 is 2.44 bits per heavy atom. The fourth-order valence-corrected chi connectivity index (χ4v) is 0.932. The fourth-order valence-electron chi connectivity index (χ4n) is 0.932. The van der Waals surface area contributed by atoms with Crippen molar-refractivity contribution in [3.63, 3.8) is 0 Å². The highest BCUT2D eigenvalue weighted by Crippen LogP contribution is 2.11. The molecule has 0 saturated heterocycles. The first-order valence-corrected chi connectivity index (χ1v) is 3.69. The molecule has 0 rings (SSSR count). The molecule has 1 heteroatoms. The number of rotatable bonds is 4. The van der Waals surface area contributed by atoms with E-state index in [0.717, 1.165) is 12.8 Å². The SMILES string of the molecule is [CH2]CC(O)C(C)CCC. The summed E-state index contributed by atoms with van der Waals surface area (Å²) >= 11 is 0. The van der Waals surface area contributed by atoms with E-state index < -0.39 is 0 Å². The lowest BCUT2D eigenvalue weighted by atomic mass is 9.98. The van der Waals surface area contributed by atoms with Gasteiger partial charge in [-0.2, -0.15) is 0 Å². The molecule has 0 heterocycles. The lowest BCUT2D eigenvalue weighted by Crippen LogP contribution is -2.15. The van der Waals surface area contributed by atoms with Gasteiger partial charge in [-0.15, -0.1) is 0 Å². The molecule has 0 aromatic heterocycles. The van der Waals surface area contributed by atoms with Crippen molar-refractivity contribution in [1.82, 2.24) is 0 Å². The summed E-state index contributed by atoms with van der Waals surface area (Å²) in [6, 6.07) is 0. The molecule has 0 aliphatic rings. The van der Waals surface area contributed by atoms with Crippen molar-refractivity contribution in [2.24, 2.45) is 5.92 Å². The number of hydrogen-bond acceptors (Lipinski definition) is 1. The third kappa shape index (κ3) is 3.52. The van der Waals surface area contributed by atoms with Crippen LogP contribution in [-0.2, 0) is 0 Å². The van der Waals surface area contributed by atoms with Crippen molar-refractivity contribution in [2.75, 3.05) is 0 Å². The predicted octanol–water partition coefficient (Wildman–Crippen LogP) is 2.01. The van der Waals surface area contributed by atoms with Crippen molar-refractivity contribution in [3.05, 3.63) is 6.92 Å². The highest BCUT2D eigenvalue weighted by molar-refractivity contribution is 4.64. The van der Waals surface area contributed by atoms with E-state index in [1.165, 1.54) is 0 Å². The van der Waals surface area contributed by atoms with Gasteiger partial charge >= 0.3 is 0 Å². The zero-order chi connectivity index (χ0) is 7.28. The maximum atomic E-state index is 9.20. The molecule has 1 radical (unpaired) electrons. The minimum atomic E-state index is -0.190. The van der Waals surface area contributed by atoms with Gasteiger partial charge in [0.15, 0.2) is 0 Å². The Hall–Kier alpha value is -0.0400. The summed E-state index contributed by atoms with van der Waals surface area (Å²) in [5, 5.41) is 9.20. The molecular weight excluding hydrogens is 112 g/mol. The van der Waals surface area contributed by atoms with Gasteiger partial charge in [-0.1, -0.05) is 27.2 Å². The quantitative estimate of drug-likeness (QED) is 0.615. The normalized spacial score (nSPS) is 17.3. The number of aliphatic hydroxyl groups is 1. The summed E-state index contributed by atoms with van der Waals surface area (Å²) in [5.74, 6) is 0.424. The van der Waals surface area contributed by atoms with E-state index in [1.54, 1.807) is 0 Å². The molecule has 55 valence electrons. The topological polar surface area (TPSA) is 20.2 Å². The molecule has 0 aromatic rings. The van der Waals surface area contributed by atoms with Crippen LogP contribution in [0, 0.1) is 12.8 Å². The van der Waals surface area contributed by atoms with Gasteiger partial charge in [0.05, 0.1) is 6.10 Å². The predicted molar refractivity (Wildman–Crippen MR) is 40.1 cm³/mol. The first kappa shape index (κ1) is 8.96. The van der Waals surface area contributed by atoms with Gasteiger partial charge in [0, 0.05) is 0 Å². The second-order valence-electron chi connectivity index (χ2n) is 2.62. The Morgan fingerprint density at radius 1 is 1.56 bits per heavy atom. The Labute approximate surface area is 58.1 Å². The van der Waals surface area contributed by atoms with E-state index in [9.17, 15) is 5.11 Å². The van der Waals surface area contributed by atoms with Gasteiger partial charge in [0.25, 0.3) is 0 Å². The van der Waals surface area contributed by atoms with Crippen molar-refractivity contribution in [2.45, 2.75) is 39.2 Å². The van der Waals surface area contributed by atoms with Crippen LogP contribution in [0.2, 0.25) is 0 Å². The Morgan fingerprint density at radius 2 is 2.11 bits per heavy atom. The van der Waals surface area contributed by atoms with E-state index >= 15 is 0 Å². The largest absolute Gasteiger partial charge is 0.393 e. The van der Waals surface area contributed by atoms with Crippen molar-refractivity contribution in [1.29, 1.82) is 0 Å². The van der Waals surface area contributed by atoms with Crippen LogP contribution < -0.4 is 0 Å². The molecule has 0 aromatic carbocycles. The first-order chi connectivity index (χ1) is 4.22. The van der Waals surface area contributed by atoms with Crippen molar-refractivity contribution in [3.8, 4) is 0 Å². The molecule has 1 N–H and O–H groups in total. The third-order valence-electron chi connectivity index (χ3n) is 1.70. The average Bonchev–Trinajstić information content (AvgIpc) is 1.87. The zero-order valence-electron chi connectivity index (χ0n) is 6.43. The first-order valence-electron chi connectivity index (χ1n) is 3.69. The van der Waals surface area contributed by atoms with Crippen molar-refractivity contribution >= 4 is 0 Å². The molecule has 9 heavy (non-hydrogen) atoms. The minimum absolute atomic E-state index is 0.190. The van der Waals surface area contributed by atoms with Crippen LogP contribution in [0.1, 0.15) is 33.1 Å². The van der Waals surface area contributed by atoms with Gasteiger partial charge < -0.3 is 5.11 Å². The third-order valence-corrected chi connectivity index (χ3v) is 1.70. The van der Waals surface area contributed by atoms with Gasteiger partial charge in [0.2, 0.25) is 0 Å². The zero-order valence-corrected chi connectivity index (χ0v) is 6.43. The lowest BCUT2D eigenvalue weighted by molar-refractivity contribution is 0.113. The molecule has 2 unspecified atom stereocenters. The maximum absolute atomic E-state index is 9.20. The van der Waals surface area contributed by atoms with E-state index in [-0.39, 0.29) is 6.10 Å². The van der Waals surface area contributed by atoms with Gasteiger partial charge in [-0.25, -0.2) is 0 Å². The fraction of sp³-hybridized carbons (Fsp3) is 0.875. The summed E-state index contributed by atoms with van der Waals surface area (Å²) in [7, 11) is 0. The molecule has 2 atom stereocenters. The Balaban J connectivity index is 3.32. The van der Waals surface area contributed by atoms with Crippen LogP contribution in [0.3, 0.4) is 0 Å². The van der Waals surface area contributed by atoms with E-state index in [2.05, 4.69) is 20.8 Å². The molecule has 0 fully saturated rings. The molecule has 0 saturated carbocycles. The molecule has 1 nitrogen and oxygen atoms in total. The van der Waals surface area contributed by atoms with Crippen LogP contribution >= 0.6 is 0 Å². The highest BCUT2D eigenvalue weighted by Gasteiger charge is 2.09. The Kier molecular flexibility index (Phi) is 4.78. The molecule has 0 spiro atoms. The van der Waals surface area contributed by atoms with Crippen molar-refractivity contribution < 1.29 is 5.11 Å². The van der Waals surface area contributed by atoms with Gasteiger partial charge in [-0.05, 0) is 18.8 Å². The number of hydrogen-bond donors (Lipinski definition) is 1. The standard InChI is InChI=1S/C8H17O/c1-4-6-7(3)8(9)5-2/h7-9H,2,4-6H2,1,3H3. The molecule has 0 bridgehead atoms. The Bertz CT molecular complexity index is 61.6. The molecule has 0 aliphatic carbocycles. The highest BCUT2D eigenvalue weighted by atomic mass is 16.3. The molecular formula is C8H17O. The molecule has 0 aliphatic heterocycles. The van der Waals surface area contributed by atoms with E-state index in [4.69, 9.17) is 0 Å². The summed E-state index contributed by atoms with van der Waals surface area (Å²) in [6.45, 7) is 7.84. The summed E-state index contributed by atoms with van der Waals surface area (Å²) in [4.78, 5) is 0. The van der Waals surface area contributed by atoms with Crippen LogP contribution in [0.15, 0.2) is 0 Å². The summed E-state index contributed by atoms with van der Waals surface area (Å²) < 4.78 is 0. The van der Waals surface area contributed by atoms with Crippen LogP contribution in [0.25, 0.3) is 0 Å².